The van der Waals surface area contributed by atoms with Crippen molar-refractivity contribution in [2.45, 2.75) is 39.0 Å². The second-order valence-corrected chi connectivity index (χ2v) is 6.88. The van der Waals surface area contributed by atoms with Crippen LogP contribution in [0.2, 0.25) is 0 Å². The number of carbonyl (C=O) groups is 2. The summed E-state index contributed by atoms with van der Waals surface area (Å²) in [6.45, 7) is 5.30. The third kappa shape index (κ3) is 2.98. The molecule has 0 aliphatic carbocycles. The summed E-state index contributed by atoms with van der Waals surface area (Å²) in [7, 11) is 0. The van der Waals surface area contributed by atoms with Crippen molar-refractivity contribution in [3.05, 3.63) is 23.7 Å². The van der Waals surface area contributed by atoms with Crippen LogP contribution in [0.1, 0.15) is 24.9 Å². The Hall–Kier alpha value is -2.68. The number of nitrogens with zero attached hydrogens (tertiary/aromatic N) is 4. The average Bonchev–Trinajstić information content (AvgIpc) is 3.31. The number of hydrogen-bond donors (Lipinski definition) is 1. The van der Waals surface area contributed by atoms with Crippen LogP contribution in [0.5, 0.6) is 0 Å². The number of ether oxygens (including phenoxy) is 1. The molecule has 9 heteroatoms. The molecule has 0 aromatic carbocycles. The fraction of sp³-hybridized carbons (Fsp3) is 0.529. The highest BCUT2D eigenvalue weighted by atomic mass is 16.5. The van der Waals surface area contributed by atoms with E-state index in [2.05, 4.69) is 15.5 Å². The smallest absolute Gasteiger partial charge is 0.242 e. The summed E-state index contributed by atoms with van der Waals surface area (Å²) in [6.07, 6.45) is 0.729. The molecule has 1 spiro atoms. The number of furan rings is 1. The SMILES string of the molecule is CC(=O)NCC(=O)N1CCC2(C1)Cn1c(nnc1-c1ccc(C)o1)CO2. The summed E-state index contributed by atoms with van der Waals surface area (Å²) in [5.41, 5.74) is -0.461. The predicted molar refractivity (Wildman–Crippen MR) is 89.9 cm³/mol. The van der Waals surface area contributed by atoms with Crippen molar-refractivity contribution in [3.63, 3.8) is 0 Å². The maximum absolute atomic E-state index is 12.3. The van der Waals surface area contributed by atoms with E-state index in [1.807, 2.05) is 23.6 Å². The van der Waals surface area contributed by atoms with E-state index in [0.29, 0.717) is 37.8 Å². The molecule has 2 aliphatic rings. The van der Waals surface area contributed by atoms with Crippen LogP contribution in [-0.2, 0) is 27.5 Å². The fourth-order valence-corrected chi connectivity index (χ4v) is 3.51. The normalized spacial score (nSPS) is 21.8. The first-order chi connectivity index (χ1) is 12.5. The first kappa shape index (κ1) is 16.8. The number of aromatic nitrogens is 3. The first-order valence-electron chi connectivity index (χ1n) is 8.61. The van der Waals surface area contributed by atoms with Gasteiger partial charge in [0.1, 0.15) is 18.0 Å². The van der Waals surface area contributed by atoms with Crippen LogP contribution in [0.15, 0.2) is 16.5 Å². The molecule has 4 rings (SSSR count). The van der Waals surface area contributed by atoms with E-state index in [9.17, 15) is 9.59 Å². The molecule has 1 unspecified atom stereocenters. The van der Waals surface area contributed by atoms with Crippen LogP contribution in [0.3, 0.4) is 0 Å². The maximum Gasteiger partial charge on any atom is 0.242 e. The summed E-state index contributed by atoms with van der Waals surface area (Å²) < 4.78 is 13.8. The molecule has 1 N–H and O–H groups in total. The number of aryl methyl sites for hydroxylation is 1. The molecule has 1 saturated heterocycles. The zero-order valence-corrected chi connectivity index (χ0v) is 14.8. The second-order valence-electron chi connectivity index (χ2n) is 6.88. The zero-order valence-electron chi connectivity index (χ0n) is 14.8. The molecule has 26 heavy (non-hydrogen) atoms. The molecule has 0 radical (unpaired) electrons. The van der Waals surface area contributed by atoms with Crippen molar-refractivity contribution in [1.29, 1.82) is 0 Å². The third-order valence-electron chi connectivity index (χ3n) is 4.90. The van der Waals surface area contributed by atoms with Crippen LogP contribution >= 0.6 is 0 Å². The monoisotopic (exact) mass is 359 g/mol. The van der Waals surface area contributed by atoms with Crippen molar-refractivity contribution in [3.8, 4) is 11.6 Å². The maximum atomic E-state index is 12.3. The van der Waals surface area contributed by atoms with Gasteiger partial charge in [-0.3, -0.25) is 9.59 Å². The van der Waals surface area contributed by atoms with E-state index in [0.717, 1.165) is 18.0 Å². The lowest BCUT2D eigenvalue weighted by atomic mass is 10.0. The lowest BCUT2D eigenvalue weighted by molar-refractivity contribution is -0.134. The lowest BCUT2D eigenvalue weighted by Crippen LogP contribution is -2.46. The van der Waals surface area contributed by atoms with Crippen molar-refractivity contribution in [2.75, 3.05) is 19.6 Å². The zero-order chi connectivity index (χ0) is 18.3. The van der Waals surface area contributed by atoms with Gasteiger partial charge in [0, 0.05) is 13.5 Å². The lowest BCUT2D eigenvalue weighted by Gasteiger charge is -2.34. The molecular weight excluding hydrogens is 338 g/mol. The molecular formula is C17H21N5O4. The van der Waals surface area contributed by atoms with E-state index in [4.69, 9.17) is 9.15 Å². The Bertz CT molecular complexity index is 857. The van der Waals surface area contributed by atoms with Gasteiger partial charge in [0.05, 0.1) is 19.6 Å². The van der Waals surface area contributed by atoms with Crippen LogP contribution in [0.25, 0.3) is 11.6 Å². The van der Waals surface area contributed by atoms with E-state index in [1.54, 1.807) is 4.90 Å². The highest BCUT2D eigenvalue weighted by Gasteiger charge is 2.44. The van der Waals surface area contributed by atoms with Gasteiger partial charge in [0.15, 0.2) is 17.4 Å². The second kappa shape index (κ2) is 6.24. The topological polar surface area (TPSA) is 102 Å². The van der Waals surface area contributed by atoms with Crippen molar-refractivity contribution >= 4 is 11.8 Å². The molecule has 2 aliphatic heterocycles. The van der Waals surface area contributed by atoms with Gasteiger partial charge in [-0.1, -0.05) is 0 Å². The third-order valence-corrected chi connectivity index (χ3v) is 4.90. The first-order valence-corrected chi connectivity index (χ1v) is 8.61. The Labute approximate surface area is 150 Å². The van der Waals surface area contributed by atoms with Crippen LogP contribution in [0, 0.1) is 6.92 Å². The number of hydrogen-bond acceptors (Lipinski definition) is 6. The van der Waals surface area contributed by atoms with Crippen LogP contribution < -0.4 is 5.32 Å². The highest BCUT2D eigenvalue weighted by molar-refractivity contribution is 5.83. The van der Waals surface area contributed by atoms with Crippen LogP contribution in [-0.4, -0.2) is 56.7 Å². The van der Waals surface area contributed by atoms with Gasteiger partial charge in [-0.15, -0.1) is 10.2 Å². The summed E-state index contributed by atoms with van der Waals surface area (Å²) in [5.74, 6) is 2.61. The van der Waals surface area contributed by atoms with E-state index >= 15 is 0 Å². The highest BCUT2D eigenvalue weighted by Crippen LogP contribution is 2.34. The van der Waals surface area contributed by atoms with Gasteiger partial charge < -0.3 is 23.9 Å². The van der Waals surface area contributed by atoms with Gasteiger partial charge in [-0.25, -0.2) is 0 Å². The number of carbonyl (C=O) groups excluding carboxylic acids is 2. The Morgan fingerprint density at radius 2 is 2.15 bits per heavy atom. The molecule has 1 atom stereocenters. The molecule has 9 nitrogen and oxygen atoms in total. The molecule has 0 saturated carbocycles. The minimum Gasteiger partial charge on any atom is -0.458 e. The van der Waals surface area contributed by atoms with Gasteiger partial charge >= 0.3 is 0 Å². The molecule has 1 fully saturated rings. The van der Waals surface area contributed by atoms with Gasteiger partial charge in [-0.2, -0.15) is 0 Å². The number of rotatable bonds is 3. The standard InChI is InChI=1S/C17H21N5O4/c1-11-3-4-13(26-11)16-20-19-14-8-25-17(10-22(14)16)5-6-21(9-17)15(24)7-18-12(2)23/h3-4H,5-10H2,1-2H3,(H,18,23). The molecule has 4 heterocycles. The number of nitrogens with one attached hydrogen (secondary N) is 1. The minimum atomic E-state index is -0.461. The predicted octanol–water partition coefficient (Wildman–Crippen LogP) is 0.484. The fourth-order valence-electron chi connectivity index (χ4n) is 3.51. The minimum absolute atomic E-state index is 0.0141. The summed E-state index contributed by atoms with van der Waals surface area (Å²) >= 11 is 0. The summed E-state index contributed by atoms with van der Waals surface area (Å²) in [4.78, 5) is 25.0. The van der Waals surface area contributed by atoms with E-state index < -0.39 is 5.60 Å². The Kier molecular flexibility index (Phi) is 4.03. The summed E-state index contributed by atoms with van der Waals surface area (Å²) in [6, 6.07) is 3.77. The molecule has 2 aromatic rings. The van der Waals surface area contributed by atoms with Crippen molar-refractivity contribution in [2.24, 2.45) is 0 Å². The Morgan fingerprint density at radius 1 is 1.31 bits per heavy atom. The van der Waals surface area contributed by atoms with E-state index in [-0.39, 0.29) is 18.4 Å². The Morgan fingerprint density at radius 3 is 2.88 bits per heavy atom. The van der Waals surface area contributed by atoms with Gasteiger partial charge in [0.2, 0.25) is 11.8 Å². The molecule has 0 bridgehead atoms. The quantitative estimate of drug-likeness (QED) is 0.855. The number of amides is 2. The molecule has 138 valence electrons. The summed E-state index contributed by atoms with van der Waals surface area (Å²) in [5, 5.41) is 11.0. The van der Waals surface area contributed by atoms with E-state index in [1.165, 1.54) is 6.92 Å². The van der Waals surface area contributed by atoms with Crippen molar-refractivity contribution in [1.82, 2.24) is 25.0 Å². The Balaban J connectivity index is 1.51. The molecule has 2 aromatic heterocycles. The average molecular weight is 359 g/mol. The largest absolute Gasteiger partial charge is 0.458 e. The van der Waals surface area contributed by atoms with Gasteiger partial charge in [-0.05, 0) is 25.5 Å². The number of fused-ring (bicyclic) bond motifs is 1. The van der Waals surface area contributed by atoms with Crippen LogP contribution in [0.4, 0.5) is 0 Å². The molecule has 2 amide bonds. The van der Waals surface area contributed by atoms with Gasteiger partial charge in [0.25, 0.3) is 0 Å². The van der Waals surface area contributed by atoms with Crippen molar-refractivity contribution < 1.29 is 18.7 Å². The number of likely N-dealkylation sites (tertiary alicyclic amines) is 1.